The van der Waals surface area contributed by atoms with Gasteiger partial charge in [-0.25, -0.2) is 5.10 Å². The molecule has 1 aromatic carbocycles. The van der Waals surface area contributed by atoms with E-state index in [1.165, 1.54) is 0 Å². The molecule has 142 valence electrons. The van der Waals surface area contributed by atoms with Crippen LogP contribution in [0.15, 0.2) is 59.7 Å². The Bertz CT molecular complexity index is 1150. The normalized spacial score (nSPS) is 11.2. The summed E-state index contributed by atoms with van der Waals surface area (Å²) in [7, 11) is 4.02. The Morgan fingerprint density at radius 2 is 1.89 bits per heavy atom. The van der Waals surface area contributed by atoms with Gasteiger partial charge in [-0.3, -0.25) is 9.78 Å². The van der Waals surface area contributed by atoms with Crippen LogP contribution in [0.25, 0.3) is 33.4 Å². The average molecular weight is 375 g/mol. The summed E-state index contributed by atoms with van der Waals surface area (Å²) < 4.78 is 5.80. The van der Waals surface area contributed by atoms with Gasteiger partial charge in [0.2, 0.25) is 0 Å². The van der Waals surface area contributed by atoms with E-state index in [9.17, 15) is 4.79 Å². The Kier molecular flexibility index (Phi) is 4.90. The molecule has 4 aromatic rings. The molecule has 0 aliphatic heterocycles. The molecule has 0 atom stereocenters. The molecule has 0 saturated carbocycles. The van der Waals surface area contributed by atoms with Crippen molar-refractivity contribution >= 4 is 10.9 Å². The molecule has 0 amide bonds. The van der Waals surface area contributed by atoms with Gasteiger partial charge in [0.25, 0.3) is 5.56 Å². The van der Waals surface area contributed by atoms with Crippen LogP contribution in [0.5, 0.6) is 5.75 Å². The quantitative estimate of drug-likeness (QED) is 0.541. The minimum atomic E-state index is -0.244. The standard InChI is InChI=1S/C21H21N5O2/c1-26(2)9-10-28-16-3-4-18-15(11-16)12-20(23-18)17-13-19(24-25-21(17)27)14-5-7-22-8-6-14/h3-8,11-13,23H,9-10H2,1-2H3,(H,25,27). The fourth-order valence-corrected chi connectivity index (χ4v) is 2.97. The third-order valence-corrected chi connectivity index (χ3v) is 4.47. The molecule has 3 heterocycles. The number of aromatic nitrogens is 4. The first-order valence-corrected chi connectivity index (χ1v) is 9.01. The highest BCUT2D eigenvalue weighted by Crippen LogP contribution is 2.27. The number of likely N-dealkylation sites (N-methyl/N-ethyl adjacent to an activating group) is 1. The summed E-state index contributed by atoms with van der Waals surface area (Å²) in [5.41, 5.74) is 3.54. The molecule has 0 aliphatic rings. The summed E-state index contributed by atoms with van der Waals surface area (Å²) in [5, 5.41) is 7.72. The number of rotatable bonds is 6. The second-order valence-electron chi connectivity index (χ2n) is 6.82. The fourth-order valence-electron chi connectivity index (χ4n) is 2.97. The van der Waals surface area contributed by atoms with E-state index in [1.807, 2.05) is 50.5 Å². The third-order valence-electron chi connectivity index (χ3n) is 4.47. The molecule has 28 heavy (non-hydrogen) atoms. The highest BCUT2D eigenvalue weighted by Gasteiger charge is 2.11. The topological polar surface area (TPSA) is 86.9 Å². The van der Waals surface area contributed by atoms with Gasteiger partial charge in [-0.2, -0.15) is 5.10 Å². The van der Waals surface area contributed by atoms with E-state index in [0.717, 1.165) is 34.5 Å². The third kappa shape index (κ3) is 3.79. The Labute approximate surface area is 162 Å². The minimum absolute atomic E-state index is 0.244. The first-order chi connectivity index (χ1) is 13.6. The van der Waals surface area contributed by atoms with Crippen molar-refractivity contribution in [2.45, 2.75) is 0 Å². The summed E-state index contributed by atoms with van der Waals surface area (Å²) >= 11 is 0. The molecule has 0 bridgehead atoms. The Morgan fingerprint density at radius 1 is 1.07 bits per heavy atom. The van der Waals surface area contributed by atoms with Crippen molar-refractivity contribution in [1.29, 1.82) is 0 Å². The number of nitrogens with one attached hydrogen (secondary N) is 2. The number of benzene rings is 1. The van der Waals surface area contributed by atoms with Gasteiger partial charge >= 0.3 is 0 Å². The maximum absolute atomic E-state index is 12.4. The van der Waals surface area contributed by atoms with Crippen molar-refractivity contribution in [1.82, 2.24) is 25.1 Å². The van der Waals surface area contributed by atoms with E-state index in [-0.39, 0.29) is 5.56 Å². The lowest BCUT2D eigenvalue weighted by atomic mass is 10.1. The largest absolute Gasteiger partial charge is 0.492 e. The van der Waals surface area contributed by atoms with E-state index in [0.29, 0.717) is 17.9 Å². The number of hydrogen-bond acceptors (Lipinski definition) is 5. The molecule has 3 aromatic heterocycles. The van der Waals surface area contributed by atoms with Crippen LogP contribution < -0.4 is 10.3 Å². The smallest absolute Gasteiger partial charge is 0.273 e. The van der Waals surface area contributed by atoms with Crippen LogP contribution in [0, 0.1) is 0 Å². The van der Waals surface area contributed by atoms with Crippen LogP contribution in [0.4, 0.5) is 0 Å². The van der Waals surface area contributed by atoms with Crippen LogP contribution in [-0.2, 0) is 0 Å². The highest BCUT2D eigenvalue weighted by molar-refractivity contribution is 5.87. The Morgan fingerprint density at radius 3 is 2.68 bits per heavy atom. The van der Waals surface area contributed by atoms with Crippen molar-refractivity contribution < 1.29 is 4.74 Å². The van der Waals surface area contributed by atoms with Gasteiger partial charge in [0.1, 0.15) is 12.4 Å². The number of ether oxygens (including phenoxy) is 1. The zero-order valence-corrected chi connectivity index (χ0v) is 15.8. The lowest BCUT2D eigenvalue weighted by Gasteiger charge is -2.10. The number of H-pyrrole nitrogens is 2. The second kappa shape index (κ2) is 7.66. The van der Waals surface area contributed by atoms with E-state index < -0.39 is 0 Å². The highest BCUT2D eigenvalue weighted by atomic mass is 16.5. The van der Waals surface area contributed by atoms with Gasteiger partial charge in [0, 0.05) is 35.4 Å². The van der Waals surface area contributed by atoms with Gasteiger partial charge in [-0.1, -0.05) is 0 Å². The molecular weight excluding hydrogens is 354 g/mol. The van der Waals surface area contributed by atoms with Gasteiger partial charge in [-0.15, -0.1) is 0 Å². The lowest BCUT2D eigenvalue weighted by Crippen LogP contribution is -2.19. The minimum Gasteiger partial charge on any atom is -0.492 e. The molecular formula is C21H21N5O2. The predicted molar refractivity (Wildman–Crippen MR) is 109 cm³/mol. The van der Waals surface area contributed by atoms with E-state index >= 15 is 0 Å². The fraction of sp³-hybridized carbons (Fsp3) is 0.190. The summed E-state index contributed by atoms with van der Waals surface area (Å²) in [6.45, 7) is 1.47. The second-order valence-corrected chi connectivity index (χ2v) is 6.82. The Balaban J connectivity index is 1.66. The molecule has 7 nitrogen and oxygen atoms in total. The van der Waals surface area contributed by atoms with Gasteiger partial charge in [0.15, 0.2) is 0 Å². The zero-order chi connectivity index (χ0) is 19.5. The molecule has 0 aliphatic carbocycles. The number of hydrogen-bond donors (Lipinski definition) is 2. The van der Waals surface area contributed by atoms with Crippen molar-refractivity contribution in [3.05, 3.63) is 65.2 Å². The maximum Gasteiger partial charge on any atom is 0.273 e. The van der Waals surface area contributed by atoms with Crippen LogP contribution in [0.1, 0.15) is 0 Å². The van der Waals surface area contributed by atoms with E-state index in [4.69, 9.17) is 4.74 Å². The maximum atomic E-state index is 12.4. The number of fused-ring (bicyclic) bond motifs is 1. The summed E-state index contributed by atoms with van der Waals surface area (Å²) in [6, 6.07) is 13.3. The van der Waals surface area contributed by atoms with Gasteiger partial charge < -0.3 is 14.6 Å². The molecule has 7 heteroatoms. The number of nitrogens with zero attached hydrogens (tertiary/aromatic N) is 3. The van der Waals surface area contributed by atoms with Crippen molar-refractivity contribution in [3.63, 3.8) is 0 Å². The van der Waals surface area contributed by atoms with Crippen LogP contribution in [0.3, 0.4) is 0 Å². The predicted octanol–water partition coefficient (Wildman–Crippen LogP) is 2.92. The van der Waals surface area contributed by atoms with Crippen molar-refractivity contribution in [3.8, 4) is 28.3 Å². The van der Waals surface area contributed by atoms with Crippen molar-refractivity contribution in [2.24, 2.45) is 0 Å². The zero-order valence-electron chi connectivity index (χ0n) is 15.8. The summed E-state index contributed by atoms with van der Waals surface area (Å²) in [6.07, 6.45) is 3.39. The van der Waals surface area contributed by atoms with Crippen molar-refractivity contribution in [2.75, 3.05) is 27.2 Å². The lowest BCUT2D eigenvalue weighted by molar-refractivity contribution is 0.261. The molecule has 0 unspecified atom stereocenters. The summed E-state index contributed by atoms with van der Waals surface area (Å²) in [5.74, 6) is 0.806. The monoisotopic (exact) mass is 375 g/mol. The van der Waals surface area contributed by atoms with E-state index in [1.54, 1.807) is 18.5 Å². The average Bonchev–Trinajstić information content (AvgIpc) is 3.12. The van der Waals surface area contributed by atoms with Crippen LogP contribution >= 0.6 is 0 Å². The van der Waals surface area contributed by atoms with Crippen LogP contribution in [-0.4, -0.2) is 52.3 Å². The van der Waals surface area contributed by atoms with Gasteiger partial charge in [-0.05, 0) is 56.6 Å². The van der Waals surface area contributed by atoms with Crippen LogP contribution in [0.2, 0.25) is 0 Å². The first kappa shape index (κ1) is 17.9. The molecule has 2 N–H and O–H groups in total. The molecule has 0 fully saturated rings. The molecule has 0 spiro atoms. The first-order valence-electron chi connectivity index (χ1n) is 9.01. The Hall–Kier alpha value is -3.45. The number of aromatic amines is 2. The number of pyridine rings is 1. The molecule has 0 saturated heterocycles. The SMILES string of the molecule is CN(C)CCOc1ccc2[nH]c(-c3cc(-c4ccncc4)n[nH]c3=O)cc2c1. The molecule has 0 radical (unpaired) electrons. The molecule has 4 rings (SSSR count). The van der Waals surface area contributed by atoms with E-state index in [2.05, 4.69) is 25.1 Å². The van der Waals surface area contributed by atoms with Gasteiger partial charge in [0.05, 0.1) is 17.0 Å². The summed E-state index contributed by atoms with van der Waals surface area (Å²) in [4.78, 5) is 21.8.